The van der Waals surface area contributed by atoms with Gasteiger partial charge in [-0.25, -0.2) is 0 Å². The van der Waals surface area contributed by atoms with Crippen LogP contribution in [0.5, 0.6) is 0 Å². The molecule has 28 heavy (non-hydrogen) atoms. The van der Waals surface area contributed by atoms with E-state index < -0.39 is 0 Å². The van der Waals surface area contributed by atoms with Gasteiger partial charge in [-0.3, -0.25) is 4.79 Å². The number of nitriles is 1. The molecule has 0 unspecified atom stereocenters. The summed E-state index contributed by atoms with van der Waals surface area (Å²) in [5.74, 6) is -0.197. The lowest BCUT2D eigenvalue weighted by atomic mass is 9.91. The monoisotopic (exact) mass is 386 g/mol. The van der Waals surface area contributed by atoms with Crippen LogP contribution < -0.4 is 5.32 Å². The largest absolute Gasteiger partial charge is 0.316 e. The Morgan fingerprint density at radius 3 is 2.18 bits per heavy atom. The van der Waals surface area contributed by atoms with Gasteiger partial charge in [-0.1, -0.05) is 60.7 Å². The Morgan fingerprint density at radius 2 is 1.61 bits per heavy atom. The lowest BCUT2D eigenvalue weighted by Crippen LogP contribution is -2.26. The summed E-state index contributed by atoms with van der Waals surface area (Å²) in [5, 5.41) is 13.4. The molecule has 1 heterocycles. The van der Waals surface area contributed by atoms with E-state index in [1.54, 1.807) is 11.3 Å². The first-order chi connectivity index (χ1) is 13.7. The molecular formula is C24H22N2OS. The van der Waals surface area contributed by atoms with Gasteiger partial charge in [0.05, 0.1) is 5.56 Å². The van der Waals surface area contributed by atoms with Gasteiger partial charge in [0.2, 0.25) is 5.91 Å². The second kappa shape index (κ2) is 8.41. The standard InChI is InChI=1S/C24H22N2OS/c25-16-21-20-12-7-13-22(20)28-24(21)26-23(27)19(14-17-8-3-1-4-9-17)15-18-10-5-2-6-11-18/h1-6,8-11,19H,7,12-15H2,(H,26,27). The summed E-state index contributed by atoms with van der Waals surface area (Å²) in [4.78, 5) is 14.5. The van der Waals surface area contributed by atoms with E-state index in [9.17, 15) is 10.1 Å². The van der Waals surface area contributed by atoms with Crippen LogP contribution in [0.2, 0.25) is 0 Å². The van der Waals surface area contributed by atoms with E-state index >= 15 is 0 Å². The molecular weight excluding hydrogens is 364 g/mol. The molecule has 1 aliphatic carbocycles. The number of anilines is 1. The van der Waals surface area contributed by atoms with Gasteiger partial charge in [0.1, 0.15) is 11.1 Å². The van der Waals surface area contributed by atoms with Gasteiger partial charge in [0.15, 0.2) is 0 Å². The second-order valence-corrected chi connectivity index (χ2v) is 8.34. The van der Waals surface area contributed by atoms with Gasteiger partial charge >= 0.3 is 0 Å². The Balaban J connectivity index is 1.57. The highest BCUT2D eigenvalue weighted by Crippen LogP contribution is 2.38. The van der Waals surface area contributed by atoms with Crippen molar-refractivity contribution >= 4 is 22.2 Å². The molecule has 4 rings (SSSR count). The van der Waals surface area contributed by atoms with Gasteiger partial charge in [0.25, 0.3) is 0 Å². The molecule has 0 radical (unpaired) electrons. The molecule has 140 valence electrons. The molecule has 0 bridgehead atoms. The van der Waals surface area contributed by atoms with Crippen LogP contribution in [0.15, 0.2) is 60.7 Å². The van der Waals surface area contributed by atoms with Gasteiger partial charge in [-0.15, -0.1) is 11.3 Å². The molecule has 4 heteroatoms. The van der Waals surface area contributed by atoms with E-state index in [-0.39, 0.29) is 11.8 Å². The number of aryl methyl sites for hydroxylation is 1. The van der Waals surface area contributed by atoms with E-state index in [0.29, 0.717) is 18.4 Å². The quantitative estimate of drug-likeness (QED) is 0.637. The van der Waals surface area contributed by atoms with E-state index in [2.05, 4.69) is 35.7 Å². The number of thiophene rings is 1. The van der Waals surface area contributed by atoms with Crippen molar-refractivity contribution in [3.05, 3.63) is 87.8 Å². The summed E-state index contributed by atoms with van der Waals surface area (Å²) in [5.41, 5.74) is 4.11. The maximum Gasteiger partial charge on any atom is 0.228 e. The zero-order valence-corrected chi connectivity index (χ0v) is 16.5. The summed E-state index contributed by atoms with van der Waals surface area (Å²) in [6.45, 7) is 0. The van der Waals surface area contributed by atoms with Gasteiger partial charge in [-0.2, -0.15) is 5.26 Å². The molecule has 0 saturated heterocycles. The van der Waals surface area contributed by atoms with Crippen molar-refractivity contribution in [2.45, 2.75) is 32.1 Å². The van der Waals surface area contributed by atoms with Crippen molar-refractivity contribution in [2.75, 3.05) is 5.32 Å². The topological polar surface area (TPSA) is 52.9 Å². The fourth-order valence-electron chi connectivity index (χ4n) is 3.88. The maximum absolute atomic E-state index is 13.2. The van der Waals surface area contributed by atoms with Crippen LogP contribution >= 0.6 is 11.3 Å². The fourth-order valence-corrected chi connectivity index (χ4v) is 5.12. The molecule has 3 nitrogen and oxygen atoms in total. The zero-order valence-electron chi connectivity index (χ0n) is 15.7. The molecule has 3 aromatic rings. The maximum atomic E-state index is 13.2. The zero-order chi connectivity index (χ0) is 19.3. The van der Waals surface area contributed by atoms with Crippen molar-refractivity contribution in [2.24, 2.45) is 5.92 Å². The summed E-state index contributed by atoms with van der Waals surface area (Å²) >= 11 is 1.58. The molecule has 0 atom stereocenters. The highest BCUT2D eigenvalue weighted by molar-refractivity contribution is 7.16. The number of hydrogen-bond acceptors (Lipinski definition) is 3. The van der Waals surface area contributed by atoms with E-state index in [1.165, 1.54) is 4.88 Å². The molecule has 0 aliphatic heterocycles. The molecule has 1 N–H and O–H groups in total. The lowest BCUT2D eigenvalue weighted by Gasteiger charge is -2.17. The van der Waals surface area contributed by atoms with Crippen LogP contribution in [0, 0.1) is 17.2 Å². The number of nitrogens with zero attached hydrogens (tertiary/aromatic N) is 1. The molecule has 0 spiro atoms. The summed E-state index contributed by atoms with van der Waals surface area (Å²) in [7, 11) is 0. The summed E-state index contributed by atoms with van der Waals surface area (Å²) in [6, 6.07) is 22.6. The second-order valence-electron chi connectivity index (χ2n) is 7.24. The normalized spacial score (nSPS) is 12.6. The number of carbonyl (C=O) groups excluding carboxylic acids is 1. The van der Waals surface area contributed by atoms with Crippen LogP contribution in [-0.2, 0) is 30.5 Å². The van der Waals surface area contributed by atoms with Crippen LogP contribution in [0.25, 0.3) is 0 Å². The SMILES string of the molecule is N#Cc1c(NC(=O)C(Cc2ccccc2)Cc2ccccc2)sc2c1CCC2. The first-order valence-corrected chi connectivity index (χ1v) is 10.5. The molecule has 0 saturated carbocycles. The predicted molar refractivity (Wildman–Crippen MR) is 113 cm³/mol. The molecule has 2 aromatic carbocycles. The number of carbonyl (C=O) groups is 1. The molecule has 1 aliphatic rings. The lowest BCUT2D eigenvalue weighted by molar-refractivity contribution is -0.119. The average Bonchev–Trinajstić information content (AvgIpc) is 3.29. The van der Waals surface area contributed by atoms with Crippen molar-refractivity contribution in [3.8, 4) is 6.07 Å². The molecule has 1 amide bonds. The van der Waals surface area contributed by atoms with Crippen molar-refractivity contribution < 1.29 is 4.79 Å². The third-order valence-electron chi connectivity index (χ3n) is 5.29. The number of hydrogen-bond donors (Lipinski definition) is 1. The number of amides is 1. The van der Waals surface area contributed by atoms with Crippen molar-refractivity contribution in [1.82, 2.24) is 0 Å². The van der Waals surface area contributed by atoms with E-state index in [4.69, 9.17) is 0 Å². The summed E-state index contributed by atoms with van der Waals surface area (Å²) in [6.07, 6.45) is 4.42. The number of fused-ring (bicyclic) bond motifs is 1. The Morgan fingerprint density at radius 1 is 1.00 bits per heavy atom. The van der Waals surface area contributed by atoms with Gasteiger partial charge in [-0.05, 0) is 48.8 Å². The van der Waals surface area contributed by atoms with Crippen LogP contribution in [0.1, 0.15) is 33.6 Å². The minimum absolute atomic E-state index is 0.0101. The number of nitrogens with one attached hydrogen (secondary N) is 1. The number of benzene rings is 2. The first-order valence-electron chi connectivity index (χ1n) is 9.68. The minimum atomic E-state index is -0.187. The Kier molecular flexibility index (Phi) is 5.55. The number of rotatable bonds is 6. The van der Waals surface area contributed by atoms with Crippen molar-refractivity contribution in [1.29, 1.82) is 5.26 Å². The smallest absolute Gasteiger partial charge is 0.228 e. The van der Waals surface area contributed by atoms with Crippen LogP contribution in [0.4, 0.5) is 5.00 Å². The van der Waals surface area contributed by atoms with Crippen LogP contribution in [-0.4, -0.2) is 5.91 Å². The molecule has 0 fully saturated rings. The molecule has 1 aromatic heterocycles. The van der Waals surface area contributed by atoms with E-state index in [0.717, 1.165) is 41.0 Å². The average molecular weight is 387 g/mol. The third kappa shape index (κ3) is 4.00. The first kappa shape index (κ1) is 18.5. The summed E-state index contributed by atoms with van der Waals surface area (Å²) < 4.78 is 0. The third-order valence-corrected chi connectivity index (χ3v) is 6.50. The highest BCUT2D eigenvalue weighted by Gasteiger charge is 2.26. The van der Waals surface area contributed by atoms with Gasteiger partial charge < -0.3 is 5.32 Å². The Bertz CT molecular complexity index is 961. The highest BCUT2D eigenvalue weighted by atomic mass is 32.1. The Hall–Kier alpha value is -2.90. The van der Waals surface area contributed by atoms with Crippen LogP contribution in [0.3, 0.4) is 0 Å². The van der Waals surface area contributed by atoms with E-state index in [1.807, 2.05) is 36.4 Å². The fraction of sp³-hybridized carbons (Fsp3) is 0.250. The minimum Gasteiger partial charge on any atom is -0.316 e. The van der Waals surface area contributed by atoms with Crippen molar-refractivity contribution in [3.63, 3.8) is 0 Å². The predicted octanol–water partition coefficient (Wildman–Crippen LogP) is 5.15. The van der Waals surface area contributed by atoms with Gasteiger partial charge in [0, 0.05) is 10.8 Å². The Labute approximate surface area is 169 Å².